The Labute approximate surface area is 112 Å². The van der Waals surface area contributed by atoms with Crippen molar-refractivity contribution in [2.75, 3.05) is 0 Å². The molecule has 0 radical (unpaired) electrons. The van der Waals surface area contributed by atoms with Gasteiger partial charge in [-0.05, 0) is 41.6 Å². The molecule has 0 bridgehead atoms. The van der Waals surface area contributed by atoms with Gasteiger partial charge in [0.25, 0.3) is 0 Å². The van der Waals surface area contributed by atoms with Gasteiger partial charge < -0.3 is 5.11 Å². The summed E-state index contributed by atoms with van der Waals surface area (Å²) >= 11 is 5.00. The molecule has 4 heteroatoms. The topological polar surface area (TPSA) is 37.3 Å². The number of benzene rings is 1. The summed E-state index contributed by atoms with van der Waals surface area (Å²) in [5.74, 6) is -1.24. The van der Waals surface area contributed by atoms with Crippen LogP contribution in [0.1, 0.15) is 18.4 Å². The van der Waals surface area contributed by atoms with Crippen molar-refractivity contribution >= 4 is 33.2 Å². The highest BCUT2D eigenvalue weighted by atomic mass is 79.9. The lowest BCUT2D eigenvalue weighted by molar-refractivity contribution is -0.138. The van der Waals surface area contributed by atoms with Crippen molar-refractivity contribution in [1.29, 1.82) is 0 Å². The molecule has 0 aliphatic heterocycles. The van der Waals surface area contributed by atoms with Gasteiger partial charge in [0.2, 0.25) is 0 Å². The summed E-state index contributed by atoms with van der Waals surface area (Å²) in [5.41, 5.74) is 1.96. The van der Waals surface area contributed by atoms with Crippen LogP contribution in [0.4, 0.5) is 0 Å². The highest BCUT2D eigenvalue weighted by Crippen LogP contribution is 2.31. The summed E-state index contributed by atoms with van der Waals surface area (Å²) in [6, 6.07) is 9.94. The van der Waals surface area contributed by atoms with Crippen LogP contribution in [0.5, 0.6) is 0 Å². The minimum atomic E-state index is -0.788. The molecular formula is C13H11BrO2S. The molecule has 0 aliphatic rings. The minimum Gasteiger partial charge on any atom is -0.481 e. The molecule has 1 atom stereocenters. The van der Waals surface area contributed by atoms with Crippen molar-refractivity contribution in [2.24, 2.45) is 0 Å². The van der Waals surface area contributed by atoms with Gasteiger partial charge in [-0.3, -0.25) is 4.79 Å². The summed E-state index contributed by atoms with van der Waals surface area (Å²) < 4.78 is 1.02. The van der Waals surface area contributed by atoms with Gasteiger partial charge in [0.1, 0.15) is 0 Å². The number of hydrogen-bond donors (Lipinski definition) is 1. The lowest BCUT2D eigenvalue weighted by Gasteiger charge is -2.01. The van der Waals surface area contributed by atoms with E-state index in [0.717, 1.165) is 20.5 Å². The van der Waals surface area contributed by atoms with E-state index in [-0.39, 0.29) is 0 Å². The molecule has 17 heavy (non-hydrogen) atoms. The van der Waals surface area contributed by atoms with E-state index >= 15 is 0 Å². The maximum atomic E-state index is 10.9. The third-order valence-corrected chi connectivity index (χ3v) is 4.09. The first-order valence-electron chi connectivity index (χ1n) is 5.15. The second-order valence-electron chi connectivity index (χ2n) is 3.81. The molecule has 1 heterocycles. The second kappa shape index (κ2) is 5.02. The Morgan fingerprint density at radius 1 is 1.41 bits per heavy atom. The minimum absolute atomic E-state index is 0.452. The number of carboxylic acid groups (broad SMARTS) is 1. The summed E-state index contributed by atoms with van der Waals surface area (Å²) in [4.78, 5) is 12.0. The van der Waals surface area contributed by atoms with E-state index in [1.54, 1.807) is 18.3 Å². The molecule has 0 spiro atoms. The molecule has 2 nitrogen and oxygen atoms in total. The number of rotatable bonds is 3. The van der Waals surface area contributed by atoms with Gasteiger partial charge in [0.15, 0.2) is 0 Å². The van der Waals surface area contributed by atoms with Crippen molar-refractivity contribution in [2.45, 2.75) is 12.8 Å². The molecule has 2 rings (SSSR count). The first-order valence-corrected chi connectivity index (χ1v) is 6.82. The molecule has 0 amide bonds. The monoisotopic (exact) mass is 310 g/mol. The van der Waals surface area contributed by atoms with Gasteiger partial charge in [-0.1, -0.05) is 28.1 Å². The van der Waals surface area contributed by atoms with E-state index < -0.39 is 11.9 Å². The molecule has 1 unspecified atom stereocenters. The van der Waals surface area contributed by atoms with Gasteiger partial charge >= 0.3 is 5.97 Å². The number of halogens is 1. The molecule has 88 valence electrons. The number of carbonyl (C=O) groups is 1. The SMILES string of the molecule is CC(C(=O)O)c1csc(-c2cccc(Br)c2)c1. The van der Waals surface area contributed by atoms with Gasteiger partial charge in [-0.15, -0.1) is 11.3 Å². The Balaban J connectivity index is 2.33. The summed E-state index contributed by atoms with van der Waals surface area (Å²) in [6.07, 6.45) is 0. The summed E-state index contributed by atoms with van der Waals surface area (Å²) in [7, 11) is 0. The fourth-order valence-corrected chi connectivity index (χ4v) is 2.92. The Morgan fingerprint density at radius 3 is 2.82 bits per heavy atom. The van der Waals surface area contributed by atoms with Crippen LogP contribution in [0, 0.1) is 0 Å². The zero-order valence-electron chi connectivity index (χ0n) is 9.18. The smallest absolute Gasteiger partial charge is 0.310 e. The number of thiophene rings is 1. The van der Waals surface area contributed by atoms with Crippen molar-refractivity contribution in [3.63, 3.8) is 0 Å². The highest BCUT2D eigenvalue weighted by molar-refractivity contribution is 9.10. The Bertz CT molecular complexity index is 548. The predicted molar refractivity (Wildman–Crippen MR) is 73.5 cm³/mol. The van der Waals surface area contributed by atoms with E-state index in [9.17, 15) is 4.79 Å². The predicted octanol–water partition coefficient (Wildman–Crippen LogP) is 4.37. The quantitative estimate of drug-likeness (QED) is 0.914. The van der Waals surface area contributed by atoms with E-state index in [0.29, 0.717) is 0 Å². The van der Waals surface area contributed by atoms with Crippen molar-refractivity contribution in [3.05, 3.63) is 45.7 Å². The van der Waals surface area contributed by atoms with Gasteiger partial charge in [-0.2, -0.15) is 0 Å². The standard InChI is InChI=1S/C13H11BrO2S/c1-8(13(15)16)10-6-12(17-7-10)9-3-2-4-11(14)5-9/h2-8H,1H3,(H,15,16). The fourth-order valence-electron chi connectivity index (χ4n) is 1.51. The Hall–Kier alpha value is -1.13. The van der Waals surface area contributed by atoms with Crippen LogP contribution in [0.3, 0.4) is 0 Å². The first-order chi connectivity index (χ1) is 8.08. The van der Waals surface area contributed by atoms with Crippen molar-refractivity contribution in [3.8, 4) is 10.4 Å². The van der Waals surface area contributed by atoms with E-state index in [1.807, 2.05) is 35.7 Å². The molecule has 0 fully saturated rings. The second-order valence-corrected chi connectivity index (χ2v) is 5.64. The number of aliphatic carboxylic acids is 1. The lowest BCUT2D eigenvalue weighted by Crippen LogP contribution is -2.05. The maximum absolute atomic E-state index is 10.9. The number of carboxylic acids is 1. The highest BCUT2D eigenvalue weighted by Gasteiger charge is 2.15. The fraction of sp³-hybridized carbons (Fsp3) is 0.154. The van der Waals surface area contributed by atoms with Crippen LogP contribution < -0.4 is 0 Å². The average Bonchev–Trinajstić information content (AvgIpc) is 2.77. The van der Waals surface area contributed by atoms with Crippen molar-refractivity contribution in [1.82, 2.24) is 0 Å². The first kappa shape index (κ1) is 12.3. The third-order valence-electron chi connectivity index (χ3n) is 2.60. The molecule has 0 saturated carbocycles. The zero-order valence-corrected chi connectivity index (χ0v) is 11.6. The van der Waals surface area contributed by atoms with Crippen LogP contribution in [0.25, 0.3) is 10.4 Å². The van der Waals surface area contributed by atoms with E-state index in [2.05, 4.69) is 15.9 Å². The van der Waals surface area contributed by atoms with Crippen LogP contribution in [-0.4, -0.2) is 11.1 Å². The van der Waals surface area contributed by atoms with Gasteiger partial charge in [0, 0.05) is 9.35 Å². The third kappa shape index (κ3) is 2.76. The normalized spacial score (nSPS) is 12.4. The molecule has 1 aromatic carbocycles. The average molecular weight is 311 g/mol. The zero-order chi connectivity index (χ0) is 12.4. The summed E-state index contributed by atoms with van der Waals surface area (Å²) in [5, 5.41) is 10.9. The van der Waals surface area contributed by atoms with E-state index in [1.165, 1.54) is 0 Å². The van der Waals surface area contributed by atoms with Gasteiger partial charge in [-0.25, -0.2) is 0 Å². The van der Waals surface area contributed by atoms with Crippen LogP contribution in [0.2, 0.25) is 0 Å². The molecule has 1 N–H and O–H groups in total. The lowest BCUT2D eigenvalue weighted by atomic mass is 10.0. The van der Waals surface area contributed by atoms with Crippen LogP contribution in [-0.2, 0) is 4.79 Å². The Morgan fingerprint density at radius 2 is 2.18 bits per heavy atom. The Kier molecular flexibility index (Phi) is 3.64. The maximum Gasteiger partial charge on any atom is 0.310 e. The van der Waals surface area contributed by atoms with Crippen LogP contribution in [0.15, 0.2) is 40.2 Å². The summed E-state index contributed by atoms with van der Waals surface area (Å²) in [6.45, 7) is 1.70. The molecule has 0 saturated heterocycles. The van der Waals surface area contributed by atoms with Crippen LogP contribution >= 0.6 is 27.3 Å². The molecule has 0 aliphatic carbocycles. The van der Waals surface area contributed by atoms with Crippen molar-refractivity contribution < 1.29 is 9.90 Å². The van der Waals surface area contributed by atoms with E-state index in [4.69, 9.17) is 5.11 Å². The largest absolute Gasteiger partial charge is 0.481 e. The van der Waals surface area contributed by atoms with Gasteiger partial charge in [0.05, 0.1) is 5.92 Å². The number of hydrogen-bond acceptors (Lipinski definition) is 2. The molecular weight excluding hydrogens is 300 g/mol. The molecule has 1 aromatic heterocycles. The molecule has 2 aromatic rings.